The van der Waals surface area contributed by atoms with Gasteiger partial charge in [-0.25, -0.2) is 4.39 Å². The summed E-state index contributed by atoms with van der Waals surface area (Å²) in [5.74, 6) is 0.274. The van der Waals surface area contributed by atoms with E-state index in [1.165, 1.54) is 12.1 Å². The van der Waals surface area contributed by atoms with Crippen molar-refractivity contribution in [3.8, 4) is 5.75 Å². The highest BCUT2D eigenvalue weighted by Gasteiger charge is 2.24. The lowest BCUT2D eigenvalue weighted by atomic mass is 10.1. The molecule has 1 aromatic heterocycles. The first-order valence-corrected chi connectivity index (χ1v) is 13.3. The molecular weight excluding hydrogens is 475 g/mol. The number of hydrogen-bond acceptors (Lipinski definition) is 4. The number of amides is 2. The Morgan fingerprint density at radius 2 is 1.69 bits per heavy atom. The molecule has 2 aromatic carbocycles. The van der Waals surface area contributed by atoms with Gasteiger partial charge in [0.2, 0.25) is 5.91 Å². The van der Waals surface area contributed by atoms with E-state index in [0.717, 1.165) is 29.0 Å². The molecule has 1 heterocycles. The molecule has 0 aliphatic rings. The van der Waals surface area contributed by atoms with Gasteiger partial charge in [-0.05, 0) is 65.7 Å². The second-order valence-corrected chi connectivity index (χ2v) is 10.3. The molecule has 36 heavy (non-hydrogen) atoms. The lowest BCUT2D eigenvalue weighted by molar-refractivity contribution is -0.133. The van der Waals surface area contributed by atoms with Crippen LogP contribution in [0.25, 0.3) is 0 Å². The van der Waals surface area contributed by atoms with E-state index in [2.05, 4.69) is 6.92 Å². The highest BCUT2D eigenvalue weighted by molar-refractivity contribution is 7.09. The molecule has 0 N–H and O–H groups in total. The van der Waals surface area contributed by atoms with Gasteiger partial charge in [-0.2, -0.15) is 0 Å². The number of thiophene rings is 1. The van der Waals surface area contributed by atoms with Crippen molar-refractivity contribution in [1.82, 2.24) is 9.80 Å². The smallest absolute Gasteiger partial charge is 0.254 e. The highest BCUT2D eigenvalue weighted by Crippen LogP contribution is 2.18. The van der Waals surface area contributed by atoms with Gasteiger partial charge in [-0.15, -0.1) is 11.3 Å². The number of benzene rings is 2. The molecule has 0 radical (unpaired) electrons. The average Bonchev–Trinajstić information content (AvgIpc) is 3.37. The van der Waals surface area contributed by atoms with Crippen LogP contribution in [0.4, 0.5) is 4.39 Å². The predicted molar refractivity (Wildman–Crippen MR) is 143 cm³/mol. The van der Waals surface area contributed by atoms with Crippen molar-refractivity contribution >= 4 is 23.2 Å². The largest absolute Gasteiger partial charge is 0.494 e. The summed E-state index contributed by atoms with van der Waals surface area (Å²) in [5.41, 5.74) is 1.36. The van der Waals surface area contributed by atoms with Crippen molar-refractivity contribution in [2.45, 2.75) is 46.7 Å². The maximum Gasteiger partial charge on any atom is 0.254 e. The van der Waals surface area contributed by atoms with E-state index < -0.39 is 0 Å². The van der Waals surface area contributed by atoms with Crippen molar-refractivity contribution in [3.63, 3.8) is 0 Å². The van der Waals surface area contributed by atoms with E-state index >= 15 is 0 Å². The summed E-state index contributed by atoms with van der Waals surface area (Å²) in [4.78, 5) is 31.3. The normalized spacial score (nSPS) is 10.9. The van der Waals surface area contributed by atoms with Crippen LogP contribution in [0.1, 0.15) is 54.4 Å². The van der Waals surface area contributed by atoms with Crippen LogP contribution in [0.2, 0.25) is 0 Å². The second-order valence-electron chi connectivity index (χ2n) is 9.26. The van der Waals surface area contributed by atoms with Crippen molar-refractivity contribution in [2.24, 2.45) is 5.92 Å². The standard InChI is InChI=1S/C29H35FN2O3S/c1-4-5-16-35-26-14-10-24(11-15-26)29(34)32(18-22(2)3)21-28(33)31(20-27-7-6-17-36-27)19-23-8-12-25(30)13-9-23/h6-15,17,22H,4-5,16,18-21H2,1-3H3. The van der Waals surface area contributed by atoms with Crippen LogP contribution in [-0.2, 0) is 17.9 Å². The van der Waals surface area contributed by atoms with E-state index in [1.54, 1.807) is 57.5 Å². The molecule has 3 rings (SSSR count). The van der Waals surface area contributed by atoms with E-state index in [1.807, 2.05) is 31.4 Å². The van der Waals surface area contributed by atoms with Gasteiger partial charge in [-0.1, -0.05) is 45.4 Å². The van der Waals surface area contributed by atoms with Crippen LogP contribution in [0.15, 0.2) is 66.0 Å². The van der Waals surface area contributed by atoms with Crippen LogP contribution >= 0.6 is 11.3 Å². The summed E-state index contributed by atoms with van der Waals surface area (Å²) in [6, 6.07) is 17.2. The Kier molecular flexibility index (Phi) is 10.5. The van der Waals surface area contributed by atoms with Crippen molar-refractivity contribution < 1.29 is 18.7 Å². The molecule has 0 aliphatic carbocycles. The Hall–Kier alpha value is -3.19. The summed E-state index contributed by atoms with van der Waals surface area (Å²) in [7, 11) is 0. The Morgan fingerprint density at radius 3 is 2.31 bits per heavy atom. The molecule has 5 nitrogen and oxygen atoms in total. The third kappa shape index (κ3) is 8.48. The quantitative estimate of drug-likeness (QED) is 0.250. The van der Waals surface area contributed by atoms with Crippen molar-refractivity contribution in [1.29, 1.82) is 0 Å². The average molecular weight is 511 g/mol. The third-order valence-corrected chi connectivity index (χ3v) is 6.49. The summed E-state index contributed by atoms with van der Waals surface area (Å²) in [6.07, 6.45) is 2.03. The Morgan fingerprint density at radius 1 is 0.972 bits per heavy atom. The molecule has 0 fully saturated rings. The van der Waals surface area contributed by atoms with Crippen LogP contribution in [0.5, 0.6) is 5.75 Å². The SMILES string of the molecule is CCCCOc1ccc(C(=O)N(CC(=O)N(Cc2ccc(F)cc2)Cc2cccs2)CC(C)C)cc1. The van der Waals surface area contributed by atoms with Gasteiger partial charge in [0.25, 0.3) is 5.91 Å². The Balaban J connectivity index is 1.75. The van der Waals surface area contributed by atoms with Gasteiger partial charge in [0.1, 0.15) is 18.1 Å². The minimum atomic E-state index is -0.314. The molecule has 0 spiro atoms. The van der Waals surface area contributed by atoms with Gasteiger partial charge in [0.05, 0.1) is 13.2 Å². The van der Waals surface area contributed by atoms with Gasteiger partial charge >= 0.3 is 0 Å². The zero-order valence-electron chi connectivity index (χ0n) is 21.3. The number of halogens is 1. The fourth-order valence-electron chi connectivity index (χ4n) is 3.77. The minimum absolute atomic E-state index is 0.0294. The molecule has 0 saturated carbocycles. The van der Waals surface area contributed by atoms with E-state index in [-0.39, 0.29) is 30.1 Å². The van der Waals surface area contributed by atoms with E-state index in [4.69, 9.17) is 4.74 Å². The van der Waals surface area contributed by atoms with Crippen LogP contribution in [-0.4, -0.2) is 41.3 Å². The zero-order valence-corrected chi connectivity index (χ0v) is 22.1. The molecular formula is C29H35FN2O3S. The Bertz CT molecular complexity index is 1080. The van der Waals surface area contributed by atoms with E-state index in [9.17, 15) is 14.0 Å². The summed E-state index contributed by atoms with van der Waals surface area (Å²) in [5, 5.41) is 1.97. The summed E-state index contributed by atoms with van der Waals surface area (Å²) in [6.45, 7) is 8.00. The number of nitrogens with zero attached hydrogens (tertiary/aromatic N) is 2. The summed E-state index contributed by atoms with van der Waals surface area (Å²) < 4.78 is 19.1. The minimum Gasteiger partial charge on any atom is -0.494 e. The third-order valence-electron chi connectivity index (χ3n) is 5.63. The molecule has 0 atom stereocenters. The first kappa shape index (κ1) is 27.4. The number of carbonyl (C=O) groups excluding carboxylic acids is 2. The molecule has 7 heteroatoms. The van der Waals surface area contributed by atoms with Crippen molar-refractivity contribution in [3.05, 3.63) is 87.9 Å². The van der Waals surface area contributed by atoms with Gasteiger partial charge in [-0.3, -0.25) is 9.59 Å². The monoisotopic (exact) mass is 510 g/mol. The molecule has 0 unspecified atom stereocenters. The lowest BCUT2D eigenvalue weighted by Gasteiger charge is -2.29. The second kappa shape index (κ2) is 13.8. The molecule has 192 valence electrons. The maximum atomic E-state index is 13.5. The number of rotatable bonds is 13. The fourth-order valence-corrected chi connectivity index (χ4v) is 4.49. The first-order valence-electron chi connectivity index (χ1n) is 12.4. The molecule has 0 bridgehead atoms. The zero-order chi connectivity index (χ0) is 25.9. The maximum absolute atomic E-state index is 13.5. The van der Waals surface area contributed by atoms with Crippen molar-refractivity contribution in [2.75, 3.05) is 19.7 Å². The number of ether oxygens (including phenoxy) is 1. The van der Waals surface area contributed by atoms with Crippen LogP contribution in [0, 0.1) is 11.7 Å². The highest BCUT2D eigenvalue weighted by atomic mass is 32.1. The molecule has 3 aromatic rings. The topological polar surface area (TPSA) is 49.9 Å². The van der Waals surface area contributed by atoms with Gasteiger partial charge < -0.3 is 14.5 Å². The fraction of sp³-hybridized carbons (Fsp3) is 0.379. The summed E-state index contributed by atoms with van der Waals surface area (Å²) >= 11 is 1.58. The number of hydrogen-bond donors (Lipinski definition) is 0. The Labute approximate surface area is 217 Å². The molecule has 0 aliphatic heterocycles. The van der Waals surface area contributed by atoms with Crippen LogP contribution < -0.4 is 4.74 Å². The van der Waals surface area contributed by atoms with Gasteiger partial charge in [0.15, 0.2) is 0 Å². The first-order chi connectivity index (χ1) is 17.4. The van der Waals surface area contributed by atoms with Gasteiger partial charge in [0, 0.05) is 23.5 Å². The predicted octanol–water partition coefficient (Wildman–Crippen LogP) is 6.39. The van der Waals surface area contributed by atoms with Crippen LogP contribution in [0.3, 0.4) is 0 Å². The molecule has 2 amide bonds. The number of carbonyl (C=O) groups is 2. The lowest BCUT2D eigenvalue weighted by Crippen LogP contribution is -2.43. The molecule has 0 saturated heterocycles. The van der Waals surface area contributed by atoms with E-state index in [0.29, 0.717) is 31.8 Å². The number of unbranched alkanes of at least 4 members (excludes halogenated alkanes) is 1.